The van der Waals surface area contributed by atoms with E-state index in [0.29, 0.717) is 5.92 Å². The number of hydrogen-bond acceptors (Lipinski definition) is 2. The number of halogens is 1. The molecule has 1 fully saturated rings. The fourth-order valence-corrected chi connectivity index (χ4v) is 2.40. The van der Waals surface area contributed by atoms with Crippen molar-refractivity contribution in [2.75, 3.05) is 7.11 Å². The average Bonchev–Trinajstić information content (AvgIpc) is 2.15. The fraction of sp³-hybridized carbons (Fsp3) is 0.500. The molecule has 1 aromatic carbocycles. The highest BCUT2D eigenvalue weighted by Crippen LogP contribution is 2.39. The molecule has 2 nitrogen and oxygen atoms in total. The van der Waals surface area contributed by atoms with Gasteiger partial charge in [0.05, 0.1) is 7.11 Å². The third kappa shape index (κ3) is 2.18. The van der Waals surface area contributed by atoms with Crippen LogP contribution in [0.2, 0.25) is 0 Å². The molecule has 0 aromatic heterocycles. The zero-order valence-electron chi connectivity index (χ0n) is 8.87. The van der Waals surface area contributed by atoms with Crippen LogP contribution in [0.5, 0.6) is 5.75 Å². The number of methoxy groups -OCH3 is 1. The molecular weight excluding hydrogens is 254 g/mol. The van der Waals surface area contributed by atoms with Gasteiger partial charge in [0.25, 0.3) is 0 Å². The first-order valence-electron chi connectivity index (χ1n) is 5.31. The Morgan fingerprint density at radius 2 is 2.20 bits per heavy atom. The highest BCUT2D eigenvalue weighted by molar-refractivity contribution is 9.10. The van der Waals surface area contributed by atoms with Gasteiger partial charge in [0.1, 0.15) is 5.75 Å². The van der Waals surface area contributed by atoms with E-state index >= 15 is 0 Å². The summed E-state index contributed by atoms with van der Waals surface area (Å²) in [5.74, 6) is 1.53. The number of ether oxygens (including phenoxy) is 1. The zero-order chi connectivity index (χ0) is 10.8. The second kappa shape index (κ2) is 4.54. The number of benzene rings is 1. The van der Waals surface area contributed by atoms with Crippen molar-refractivity contribution in [1.82, 2.24) is 0 Å². The van der Waals surface area contributed by atoms with Crippen LogP contribution in [0.1, 0.15) is 30.9 Å². The van der Waals surface area contributed by atoms with Crippen molar-refractivity contribution in [3.63, 3.8) is 0 Å². The van der Waals surface area contributed by atoms with E-state index in [1.165, 1.54) is 19.3 Å². The molecule has 15 heavy (non-hydrogen) atoms. The van der Waals surface area contributed by atoms with Gasteiger partial charge < -0.3 is 10.5 Å². The van der Waals surface area contributed by atoms with E-state index in [1.807, 2.05) is 12.1 Å². The van der Waals surface area contributed by atoms with Crippen LogP contribution in [0.25, 0.3) is 0 Å². The molecular formula is C12H16BrNO. The van der Waals surface area contributed by atoms with Crippen molar-refractivity contribution in [3.8, 4) is 5.75 Å². The minimum atomic E-state index is 0.117. The summed E-state index contributed by atoms with van der Waals surface area (Å²) in [6, 6.07) is 6.14. The molecule has 2 rings (SSSR count). The van der Waals surface area contributed by atoms with E-state index in [0.717, 1.165) is 15.8 Å². The van der Waals surface area contributed by atoms with Crippen LogP contribution in [-0.4, -0.2) is 7.11 Å². The first kappa shape index (κ1) is 11.0. The van der Waals surface area contributed by atoms with Gasteiger partial charge in [0, 0.05) is 16.1 Å². The summed E-state index contributed by atoms with van der Waals surface area (Å²) in [4.78, 5) is 0. The molecule has 1 aliphatic carbocycles. The summed E-state index contributed by atoms with van der Waals surface area (Å²) < 4.78 is 6.40. The summed E-state index contributed by atoms with van der Waals surface area (Å²) >= 11 is 3.47. The molecule has 0 aliphatic heterocycles. The second-order valence-corrected chi connectivity index (χ2v) is 5.02. The van der Waals surface area contributed by atoms with Gasteiger partial charge in [-0.15, -0.1) is 0 Å². The average molecular weight is 270 g/mol. The molecule has 0 amide bonds. The second-order valence-electron chi connectivity index (χ2n) is 4.10. The third-order valence-electron chi connectivity index (χ3n) is 3.21. The highest BCUT2D eigenvalue weighted by atomic mass is 79.9. The smallest absolute Gasteiger partial charge is 0.123 e. The molecule has 3 heteroatoms. The van der Waals surface area contributed by atoms with Gasteiger partial charge in [0.15, 0.2) is 0 Å². The molecule has 0 spiro atoms. The van der Waals surface area contributed by atoms with Crippen molar-refractivity contribution < 1.29 is 4.74 Å². The fourth-order valence-electron chi connectivity index (χ4n) is 2.02. The Morgan fingerprint density at radius 1 is 1.47 bits per heavy atom. The first-order valence-corrected chi connectivity index (χ1v) is 6.10. The van der Waals surface area contributed by atoms with Gasteiger partial charge in [-0.25, -0.2) is 0 Å². The molecule has 1 saturated carbocycles. The Hall–Kier alpha value is -0.540. The third-order valence-corrected chi connectivity index (χ3v) is 3.70. The number of rotatable bonds is 3. The maximum atomic E-state index is 6.24. The van der Waals surface area contributed by atoms with E-state index in [1.54, 1.807) is 7.11 Å². The molecule has 0 heterocycles. The Labute approximate surface area is 98.9 Å². The van der Waals surface area contributed by atoms with Crippen molar-refractivity contribution >= 4 is 15.9 Å². The van der Waals surface area contributed by atoms with Crippen molar-refractivity contribution in [2.24, 2.45) is 11.7 Å². The quantitative estimate of drug-likeness (QED) is 0.915. The van der Waals surface area contributed by atoms with Gasteiger partial charge in [0.2, 0.25) is 0 Å². The summed E-state index contributed by atoms with van der Waals surface area (Å²) in [6.45, 7) is 0. The van der Waals surface area contributed by atoms with E-state index < -0.39 is 0 Å². The lowest BCUT2D eigenvalue weighted by atomic mass is 9.77. The monoisotopic (exact) mass is 269 g/mol. The summed E-state index contributed by atoms with van der Waals surface area (Å²) in [6.07, 6.45) is 3.81. The van der Waals surface area contributed by atoms with E-state index in [9.17, 15) is 0 Å². The predicted molar refractivity (Wildman–Crippen MR) is 65.0 cm³/mol. The van der Waals surface area contributed by atoms with Gasteiger partial charge >= 0.3 is 0 Å². The van der Waals surface area contributed by atoms with Crippen LogP contribution in [0.4, 0.5) is 0 Å². The van der Waals surface area contributed by atoms with E-state index in [-0.39, 0.29) is 6.04 Å². The largest absolute Gasteiger partial charge is 0.496 e. The van der Waals surface area contributed by atoms with Gasteiger partial charge in [-0.3, -0.25) is 0 Å². The SMILES string of the molecule is COc1ccc(Br)cc1[C@H](N)C1CCC1. The molecule has 0 saturated heterocycles. The van der Waals surface area contributed by atoms with Crippen LogP contribution in [0.3, 0.4) is 0 Å². The van der Waals surface area contributed by atoms with Crippen LogP contribution in [-0.2, 0) is 0 Å². The number of nitrogens with two attached hydrogens (primary N) is 1. The van der Waals surface area contributed by atoms with Gasteiger partial charge in [-0.2, -0.15) is 0 Å². The van der Waals surface area contributed by atoms with Gasteiger partial charge in [-0.1, -0.05) is 22.4 Å². The first-order chi connectivity index (χ1) is 7.22. The predicted octanol–water partition coefficient (Wildman–Crippen LogP) is 3.26. The topological polar surface area (TPSA) is 35.2 Å². The molecule has 2 N–H and O–H groups in total. The Balaban J connectivity index is 2.27. The zero-order valence-corrected chi connectivity index (χ0v) is 10.5. The standard InChI is InChI=1S/C12H16BrNO/c1-15-11-6-5-9(13)7-10(11)12(14)8-3-2-4-8/h5-8,12H,2-4,14H2,1H3/t12-/m1/s1. The molecule has 1 aliphatic rings. The van der Waals surface area contributed by atoms with Crippen molar-refractivity contribution in [2.45, 2.75) is 25.3 Å². The summed E-state index contributed by atoms with van der Waals surface area (Å²) in [5.41, 5.74) is 7.37. The molecule has 0 unspecified atom stereocenters. The Bertz CT molecular complexity index is 349. The summed E-state index contributed by atoms with van der Waals surface area (Å²) in [5, 5.41) is 0. The Kier molecular flexibility index (Phi) is 3.32. The summed E-state index contributed by atoms with van der Waals surface area (Å²) in [7, 11) is 1.69. The molecule has 0 radical (unpaired) electrons. The maximum absolute atomic E-state index is 6.24. The molecule has 0 bridgehead atoms. The lowest BCUT2D eigenvalue weighted by Gasteiger charge is -2.32. The van der Waals surface area contributed by atoms with Gasteiger partial charge in [-0.05, 0) is 37.0 Å². The lowest BCUT2D eigenvalue weighted by molar-refractivity contribution is 0.259. The normalized spacial score (nSPS) is 18.3. The molecule has 1 atom stereocenters. The van der Waals surface area contributed by atoms with Crippen LogP contribution >= 0.6 is 15.9 Å². The van der Waals surface area contributed by atoms with Crippen LogP contribution < -0.4 is 10.5 Å². The van der Waals surface area contributed by atoms with Crippen molar-refractivity contribution in [3.05, 3.63) is 28.2 Å². The molecule has 1 aromatic rings. The maximum Gasteiger partial charge on any atom is 0.123 e. The molecule has 82 valence electrons. The van der Waals surface area contributed by atoms with Crippen LogP contribution in [0.15, 0.2) is 22.7 Å². The lowest BCUT2D eigenvalue weighted by Crippen LogP contribution is -2.27. The minimum absolute atomic E-state index is 0.117. The Morgan fingerprint density at radius 3 is 2.73 bits per heavy atom. The minimum Gasteiger partial charge on any atom is -0.496 e. The van der Waals surface area contributed by atoms with E-state index in [2.05, 4.69) is 22.0 Å². The van der Waals surface area contributed by atoms with Crippen molar-refractivity contribution in [1.29, 1.82) is 0 Å². The van der Waals surface area contributed by atoms with E-state index in [4.69, 9.17) is 10.5 Å². The highest BCUT2D eigenvalue weighted by Gasteiger charge is 2.27. The number of hydrogen-bond donors (Lipinski definition) is 1. The van der Waals surface area contributed by atoms with Crippen LogP contribution in [0, 0.1) is 5.92 Å².